The molecule has 15 heavy (non-hydrogen) atoms. The molecule has 0 aliphatic heterocycles. The molecule has 84 valence electrons. The Kier molecular flexibility index (Phi) is 3.75. The molecule has 0 saturated carbocycles. The van der Waals surface area contributed by atoms with Crippen molar-refractivity contribution in [1.82, 2.24) is 5.32 Å². The van der Waals surface area contributed by atoms with Crippen molar-refractivity contribution in [1.29, 1.82) is 0 Å². The highest BCUT2D eigenvalue weighted by Crippen LogP contribution is 2.21. The monoisotopic (exact) mass is 207 g/mol. The molecule has 0 bridgehead atoms. The molecule has 0 radical (unpaired) electrons. The second-order valence-corrected chi connectivity index (χ2v) is 4.61. The number of benzene rings is 1. The Morgan fingerprint density at radius 2 is 2.00 bits per heavy atom. The van der Waals surface area contributed by atoms with Gasteiger partial charge in [-0.05, 0) is 51.4 Å². The molecule has 0 spiro atoms. The van der Waals surface area contributed by atoms with Gasteiger partial charge in [0, 0.05) is 5.54 Å². The molecule has 0 unspecified atom stereocenters. The fraction of sp³-hybridized carbons (Fsp3) is 0.538. The molecule has 2 nitrogen and oxygen atoms in total. The van der Waals surface area contributed by atoms with Crippen LogP contribution in [-0.2, 0) is 6.42 Å². The van der Waals surface area contributed by atoms with E-state index in [-0.39, 0.29) is 5.54 Å². The second kappa shape index (κ2) is 4.67. The number of rotatable bonds is 4. The van der Waals surface area contributed by atoms with E-state index in [4.69, 9.17) is 4.74 Å². The Balaban J connectivity index is 2.84. The predicted octanol–water partition coefficient (Wildman–Crippen LogP) is 2.54. The number of hydrogen-bond acceptors (Lipinski definition) is 2. The third-order valence-electron chi connectivity index (χ3n) is 2.78. The zero-order chi connectivity index (χ0) is 11.5. The van der Waals surface area contributed by atoms with Crippen molar-refractivity contribution in [3.8, 4) is 5.75 Å². The Morgan fingerprint density at radius 3 is 2.47 bits per heavy atom. The van der Waals surface area contributed by atoms with Gasteiger partial charge in [-0.2, -0.15) is 0 Å². The molecular weight excluding hydrogens is 186 g/mol. The Bertz CT molecular complexity index is 331. The van der Waals surface area contributed by atoms with E-state index < -0.39 is 0 Å². The standard InChI is InChI=1S/C13H21NO/c1-10-8-11(6-7-12(10)15-5)9-13(2,3)14-4/h6-8,14H,9H2,1-5H3. The van der Waals surface area contributed by atoms with Crippen LogP contribution in [0.2, 0.25) is 0 Å². The lowest BCUT2D eigenvalue weighted by Gasteiger charge is -2.24. The molecule has 2 heteroatoms. The summed E-state index contributed by atoms with van der Waals surface area (Å²) in [6, 6.07) is 6.36. The second-order valence-electron chi connectivity index (χ2n) is 4.61. The highest BCUT2D eigenvalue weighted by Gasteiger charge is 2.15. The van der Waals surface area contributed by atoms with E-state index in [1.165, 1.54) is 11.1 Å². The van der Waals surface area contributed by atoms with Gasteiger partial charge < -0.3 is 10.1 Å². The fourth-order valence-corrected chi connectivity index (χ4v) is 1.65. The van der Waals surface area contributed by atoms with Crippen molar-refractivity contribution in [3.63, 3.8) is 0 Å². The number of nitrogens with one attached hydrogen (secondary N) is 1. The third-order valence-corrected chi connectivity index (χ3v) is 2.78. The van der Waals surface area contributed by atoms with Gasteiger partial charge in [-0.15, -0.1) is 0 Å². The number of likely N-dealkylation sites (N-methyl/N-ethyl adjacent to an activating group) is 1. The first-order valence-electron chi connectivity index (χ1n) is 5.31. The topological polar surface area (TPSA) is 21.3 Å². The molecule has 0 heterocycles. The number of methoxy groups -OCH3 is 1. The van der Waals surface area contributed by atoms with Crippen LogP contribution in [-0.4, -0.2) is 19.7 Å². The molecule has 0 atom stereocenters. The SMILES string of the molecule is CNC(C)(C)Cc1ccc(OC)c(C)c1. The normalized spacial score (nSPS) is 11.5. The predicted molar refractivity (Wildman–Crippen MR) is 64.6 cm³/mol. The minimum atomic E-state index is 0.140. The van der Waals surface area contributed by atoms with Gasteiger partial charge in [0.2, 0.25) is 0 Å². The maximum absolute atomic E-state index is 5.24. The average Bonchev–Trinajstić information content (AvgIpc) is 2.17. The van der Waals surface area contributed by atoms with Crippen LogP contribution in [0.3, 0.4) is 0 Å². The molecule has 0 aromatic heterocycles. The zero-order valence-corrected chi connectivity index (χ0v) is 10.3. The maximum atomic E-state index is 5.24. The lowest BCUT2D eigenvalue weighted by atomic mass is 9.94. The summed E-state index contributed by atoms with van der Waals surface area (Å²) in [6.07, 6.45) is 1.02. The summed E-state index contributed by atoms with van der Waals surface area (Å²) >= 11 is 0. The number of ether oxygens (including phenoxy) is 1. The molecular formula is C13H21NO. The van der Waals surface area contributed by atoms with E-state index in [0.717, 1.165) is 12.2 Å². The third kappa shape index (κ3) is 3.24. The quantitative estimate of drug-likeness (QED) is 0.819. The molecule has 0 aliphatic carbocycles. The summed E-state index contributed by atoms with van der Waals surface area (Å²) in [5.74, 6) is 0.959. The minimum absolute atomic E-state index is 0.140. The van der Waals surface area contributed by atoms with Gasteiger partial charge in [0.05, 0.1) is 7.11 Å². The molecule has 0 amide bonds. The molecule has 1 N–H and O–H groups in total. The van der Waals surface area contributed by atoms with Crippen LogP contribution in [0.5, 0.6) is 5.75 Å². The van der Waals surface area contributed by atoms with E-state index in [1.54, 1.807) is 7.11 Å². The van der Waals surface area contributed by atoms with Gasteiger partial charge in [-0.3, -0.25) is 0 Å². The minimum Gasteiger partial charge on any atom is -0.496 e. The highest BCUT2D eigenvalue weighted by atomic mass is 16.5. The van der Waals surface area contributed by atoms with Crippen LogP contribution in [0.25, 0.3) is 0 Å². The summed E-state index contributed by atoms with van der Waals surface area (Å²) in [4.78, 5) is 0. The summed E-state index contributed by atoms with van der Waals surface area (Å²) in [7, 11) is 3.70. The molecule has 0 saturated heterocycles. The van der Waals surface area contributed by atoms with E-state index in [0.29, 0.717) is 0 Å². The summed E-state index contributed by atoms with van der Waals surface area (Å²) in [6.45, 7) is 6.48. The van der Waals surface area contributed by atoms with Gasteiger partial charge in [-0.1, -0.05) is 12.1 Å². The summed E-state index contributed by atoms with van der Waals surface area (Å²) in [5.41, 5.74) is 2.68. The van der Waals surface area contributed by atoms with Gasteiger partial charge in [0.1, 0.15) is 5.75 Å². The van der Waals surface area contributed by atoms with Crippen molar-refractivity contribution in [3.05, 3.63) is 29.3 Å². The molecule has 1 aromatic rings. The molecule has 1 aromatic carbocycles. The van der Waals surface area contributed by atoms with Gasteiger partial charge >= 0.3 is 0 Å². The van der Waals surface area contributed by atoms with Crippen LogP contribution in [0.1, 0.15) is 25.0 Å². The first-order valence-corrected chi connectivity index (χ1v) is 5.31. The van der Waals surface area contributed by atoms with Crippen molar-refractivity contribution in [2.24, 2.45) is 0 Å². The average molecular weight is 207 g/mol. The molecule has 0 fully saturated rings. The first-order chi connectivity index (χ1) is 6.98. The zero-order valence-electron chi connectivity index (χ0n) is 10.3. The van der Waals surface area contributed by atoms with Crippen LogP contribution in [0, 0.1) is 6.92 Å². The van der Waals surface area contributed by atoms with Crippen LogP contribution >= 0.6 is 0 Å². The first kappa shape index (κ1) is 12.1. The Labute approximate surface area is 92.6 Å². The van der Waals surface area contributed by atoms with Gasteiger partial charge in [0.25, 0.3) is 0 Å². The lowest BCUT2D eigenvalue weighted by molar-refractivity contribution is 0.408. The number of hydrogen-bond donors (Lipinski definition) is 1. The lowest BCUT2D eigenvalue weighted by Crippen LogP contribution is -2.38. The van der Waals surface area contributed by atoms with E-state index >= 15 is 0 Å². The Morgan fingerprint density at radius 1 is 1.33 bits per heavy atom. The fourth-order valence-electron chi connectivity index (χ4n) is 1.65. The van der Waals surface area contributed by atoms with E-state index in [2.05, 4.69) is 38.2 Å². The summed E-state index contributed by atoms with van der Waals surface area (Å²) in [5, 5.41) is 3.31. The van der Waals surface area contributed by atoms with Crippen molar-refractivity contribution in [2.45, 2.75) is 32.7 Å². The molecule has 1 rings (SSSR count). The van der Waals surface area contributed by atoms with Crippen molar-refractivity contribution in [2.75, 3.05) is 14.2 Å². The van der Waals surface area contributed by atoms with Crippen LogP contribution in [0.4, 0.5) is 0 Å². The van der Waals surface area contributed by atoms with Crippen LogP contribution < -0.4 is 10.1 Å². The number of aryl methyl sites for hydroxylation is 1. The van der Waals surface area contributed by atoms with E-state index in [9.17, 15) is 0 Å². The van der Waals surface area contributed by atoms with Gasteiger partial charge in [-0.25, -0.2) is 0 Å². The molecule has 0 aliphatic rings. The summed E-state index contributed by atoms with van der Waals surface area (Å²) < 4.78 is 5.24. The van der Waals surface area contributed by atoms with Crippen molar-refractivity contribution >= 4 is 0 Å². The van der Waals surface area contributed by atoms with Crippen LogP contribution in [0.15, 0.2) is 18.2 Å². The smallest absolute Gasteiger partial charge is 0.121 e. The highest BCUT2D eigenvalue weighted by molar-refractivity contribution is 5.36. The maximum Gasteiger partial charge on any atom is 0.121 e. The Hall–Kier alpha value is -1.02. The van der Waals surface area contributed by atoms with Crippen molar-refractivity contribution < 1.29 is 4.74 Å². The van der Waals surface area contributed by atoms with Gasteiger partial charge in [0.15, 0.2) is 0 Å². The van der Waals surface area contributed by atoms with E-state index in [1.807, 2.05) is 13.1 Å². The largest absolute Gasteiger partial charge is 0.496 e.